The number of nitrogens with one attached hydrogen (secondary N) is 1. The van der Waals surface area contributed by atoms with E-state index >= 15 is 0 Å². The Kier molecular flexibility index (Phi) is 4.38. The van der Waals surface area contributed by atoms with Crippen LogP contribution in [0.1, 0.15) is 33.1 Å². The molecule has 1 aliphatic rings. The maximum absolute atomic E-state index is 11.5. The highest BCUT2D eigenvalue weighted by Crippen LogP contribution is 2.16. The Bertz CT molecular complexity index is 195. The maximum atomic E-state index is 11.5. The largest absolute Gasteiger partial charge is 0.376 e. The second-order valence-electron chi connectivity index (χ2n) is 4.17. The van der Waals surface area contributed by atoms with Gasteiger partial charge in [-0.3, -0.25) is 4.79 Å². The van der Waals surface area contributed by atoms with Crippen LogP contribution in [0.2, 0.25) is 0 Å². The molecule has 0 aliphatic carbocycles. The van der Waals surface area contributed by atoms with Crippen LogP contribution in [0, 0.1) is 0 Å². The summed E-state index contributed by atoms with van der Waals surface area (Å²) >= 11 is 3.32. The Morgan fingerprint density at radius 1 is 1.57 bits per heavy atom. The molecular formula is C10H18BrNO2. The molecule has 14 heavy (non-hydrogen) atoms. The summed E-state index contributed by atoms with van der Waals surface area (Å²) in [6, 6.07) is 0. The SMILES string of the molecule is CC(C)(Br)C(=O)NCC1CCCCO1. The van der Waals surface area contributed by atoms with Gasteiger partial charge < -0.3 is 10.1 Å². The molecule has 1 fully saturated rings. The van der Waals surface area contributed by atoms with E-state index in [9.17, 15) is 4.79 Å². The molecule has 0 spiro atoms. The summed E-state index contributed by atoms with van der Waals surface area (Å²) < 4.78 is 5.03. The van der Waals surface area contributed by atoms with Gasteiger partial charge in [-0.2, -0.15) is 0 Å². The lowest BCUT2D eigenvalue weighted by Gasteiger charge is -2.24. The third-order valence-electron chi connectivity index (χ3n) is 2.30. The minimum atomic E-state index is -0.484. The highest BCUT2D eigenvalue weighted by atomic mass is 79.9. The number of alkyl halides is 1. The van der Waals surface area contributed by atoms with Crippen molar-refractivity contribution in [2.24, 2.45) is 0 Å². The highest BCUT2D eigenvalue weighted by molar-refractivity contribution is 9.10. The van der Waals surface area contributed by atoms with E-state index in [-0.39, 0.29) is 12.0 Å². The van der Waals surface area contributed by atoms with Gasteiger partial charge in [0.15, 0.2) is 0 Å². The molecular weight excluding hydrogens is 246 g/mol. The van der Waals surface area contributed by atoms with Crippen LogP contribution in [0.25, 0.3) is 0 Å². The van der Waals surface area contributed by atoms with Gasteiger partial charge >= 0.3 is 0 Å². The summed E-state index contributed by atoms with van der Waals surface area (Å²) in [7, 11) is 0. The van der Waals surface area contributed by atoms with Crippen LogP contribution >= 0.6 is 15.9 Å². The molecule has 1 aliphatic heterocycles. The Hall–Kier alpha value is -0.0900. The van der Waals surface area contributed by atoms with Crippen molar-refractivity contribution in [2.75, 3.05) is 13.2 Å². The Morgan fingerprint density at radius 2 is 2.29 bits per heavy atom. The van der Waals surface area contributed by atoms with E-state index in [2.05, 4.69) is 21.2 Å². The number of halogens is 1. The molecule has 0 radical (unpaired) electrons. The highest BCUT2D eigenvalue weighted by Gasteiger charge is 2.24. The second kappa shape index (κ2) is 5.12. The lowest BCUT2D eigenvalue weighted by molar-refractivity contribution is -0.123. The molecule has 1 amide bonds. The van der Waals surface area contributed by atoms with E-state index in [4.69, 9.17) is 4.74 Å². The lowest BCUT2D eigenvalue weighted by Crippen LogP contribution is -2.42. The monoisotopic (exact) mass is 263 g/mol. The third-order valence-corrected chi connectivity index (χ3v) is 2.66. The third kappa shape index (κ3) is 3.96. The minimum absolute atomic E-state index is 0.0201. The Labute approximate surface area is 93.7 Å². The molecule has 1 heterocycles. The summed E-state index contributed by atoms with van der Waals surface area (Å²) in [6.45, 7) is 5.14. The lowest BCUT2D eigenvalue weighted by atomic mass is 10.1. The van der Waals surface area contributed by atoms with Crippen molar-refractivity contribution in [2.45, 2.75) is 43.5 Å². The van der Waals surface area contributed by atoms with E-state index < -0.39 is 4.32 Å². The maximum Gasteiger partial charge on any atom is 0.236 e. The van der Waals surface area contributed by atoms with Crippen LogP contribution in [0.15, 0.2) is 0 Å². The number of carbonyl (C=O) groups excluding carboxylic acids is 1. The van der Waals surface area contributed by atoms with Crippen molar-refractivity contribution in [1.29, 1.82) is 0 Å². The van der Waals surface area contributed by atoms with Crippen LogP contribution in [-0.4, -0.2) is 29.5 Å². The predicted molar refractivity (Wildman–Crippen MR) is 59.6 cm³/mol. The van der Waals surface area contributed by atoms with Crippen molar-refractivity contribution in [3.63, 3.8) is 0 Å². The van der Waals surface area contributed by atoms with Gasteiger partial charge in [-0.05, 0) is 33.1 Å². The molecule has 1 atom stereocenters. The smallest absolute Gasteiger partial charge is 0.236 e. The van der Waals surface area contributed by atoms with Gasteiger partial charge in [-0.1, -0.05) is 15.9 Å². The zero-order chi connectivity index (χ0) is 10.6. The molecule has 1 saturated heterocycles. The topological polar surface area (TPSA) is 38.3 Å². The number of rotatable bonds is 3. The van der Waals surface area contributed by atoms with Gasteiger partial charge in [0.1, 0.15) is 0 Å². The van der Waals surface area contributed by atoms with Crippen molar-refractivity contribution in [1.82, 2.24) is 5.32 Å². The van der Waals surface area contributed by atoms with Crippen molar-refractivity contribution < 1.29 is 9.53 Å². The molecule has 0 aromatic heterocycles. The van der Waals surface area contributed by atoms with Crippen molar-refractivity contribution in [3.8, 4) is 0 Å². The molecule has 3 nitrogen and oxygen atoms in total. The van der Waals surface area contributed by atoms with Gasteiger partial charge in [0.25, 0.3) is 0 Å². The van der Waals surface area contributed by atoms with Gasteiger partial charge in [-0.25, -0.2) is 0 Å². The summed E-state index contributed by atoms with van der Waals surface area (Å²) in [5.41, 5.74) is 0. The summed E-state index contributed by atoms with van der Waals surface area (Å²) in [5.74, 6) is 0.0201. The van der Waals surface area contributed by atoms with Crippen LogP contribution < -0.4 is 5.32 Å². The average molecular weight is 264 g/mol. The second-order valence-corrected chi connectivity index (χ2v) is 6.15. The summed E-state index contributed by atoms with van der Waals surface area (Å²) in [4.78, 5) is 11.5. The quantitative estimate of drug-likeness (QED) is 0.790. The zero-order valence-corrected chi connectivity index (χ0v) is 10.4. The fourth-order valence-corrected chi connectivity index (χ4v) is 1.53. The van der Waals surface area contributed by atoms with E-state index in [1.807, 2.05) is 13.8 Å². The fraction of sp³-hybridized carbons (Fsp3) is 0.900. The van der Waals surface area contributed by atoms with Gasteiger partial charge in [-0.15, -0.1) is 0 Å². The van der Waals surface area contributed by atoms with Gasteiger partial charge in [0.2, 0.25) is 5.91 Å². The van der Waals surface area contributed by atoms with Gasteiger partial charge in [0.05, 0.1) is 10.4 Å². The van der Waals surface area contributed by atoms with Crippen molar-refractivity contribution in [3.05, 3.63) is 0 Å². The first kappa shape index (κ1) is 12.0. The molecule has 1 unspecified atom stereocenters. The first-order chi connectivity index (χ1) is 6.50. The van der Waals surface area contributed by atoms with E-state index in [0.717, 1.165) is 19.4 Å². The molecule has 1 N–H and O–H groups in total. The molecule has 4 heteroatoms. The van der Waals surface area contributed by atoms with Gasteiger partial charge in [0, 0.05) is 13.2 Å². The van der Waals surface area contributed by atoms with Crippen molar-refractivity contribution >= 4 is 21.8 Å². The number of hydrogen-bond acceptors (Lipinski definition) is 2. The Morgan fingerprint density at radius 3 is 2.79 bits per heavy atom. The molecule has 0 bridgehead atoms. The van der Waals surface area contributed by atoms with Crippen LogP contribution in [0.4, 0.5) is 0 Å². The van der Waals surface area contributed by atoms with E-state index in [1.165, 1.54) is 6.42 Å². The predicted octanol–water partition coefficient (Wildman–Crippen LogP) is 1.85. The number of carbonyl (C=O) groups is 1. The first-order valence-electron chi connectivity index (χ1n) is 5.09. The van der Waals surface area contributed by atoms with Crippen LogP contribution in [0.3, 0.4) is 0 Å². The number of hydrogen-bond donors (Lipinski definition) is 1. The molecule has 1 rings (SSSR count). The minimum Gasteiger partial charge on any atom is -0.376 e. The fourth-order valence-electron chi connectivity index (χ4n) is 1.39. The first-order valence-corrected chi connectivity index (χ1v) is 5.88. The molecule has 0 aromatic rings. The Balaban J connectivity index is 2.22. The molecule has 82 valence electrons. The van der Waals surface area contributed by atoms with E-state index in [0.29, 0.717) is 6.54 Å². The molecule has 0 aromatic carbocycles. The summed E-state index contributed by atoms with van der Waals surface area (Å²) in [5, 5.41) is 2.88. The standard InChI is InChI=1S/C10H18BrNO2/c1-10(2,11)9(13)12-7-8-5-3-4-6-14-8/h8H,3-7H2,1-2H3,(H,12,13). The average Bonchev–Trinajstić information content (AvgIpc) is 2.14. The number of ether oxygens (including phenoxy) is 1. The zero-order valence-electron chi connectivity index (χ0n) is 8.81. The molecule has 0 saturated carbocycles. The summed E-state index contributed by atoms with van der Waals surface area (Å²) in [6.07, 6.45) is 3.62. The van der Waals surface area contributed by atoms with E-state index in [1.54, 1.807) is 0 Å². The normalized spacial score (nSPS) is 23.2. The number of amides is 1. The van der Waals surface area contributed by atoms with Crippen LogP contribution in [0.5, 0.6) is 0 Å². The van der Waals surface area contributed by atoms with Crippen LogP contribution in [-0.2, 0) is 9.53 Å².